The molecule has 2 rings (SSSR count). The number of rotatable bonds is 8. The van der Waals surface area contributed by atoms with E-state index in [2.05, 4.69) is 5.32 Å². The Kier molecular flexibility index (Phi) is 8.22. The first kappa shape index (κ1) is 19.7. The van der Waals surface area contributed by atoms with Gasteiger partial charge in [0.25, 0.3) is 0 Å². The Hall–Kier alpha value is -1.59. The topological polar surface area (TPSA) is 86.7 Å². The van der Waals surface area contributed by atoms with Crippen LogP contribution in [0.4, 0.5) is 0 Å². The number of nitrogens with zero attached hydrogens (tertiary/aromatic N) is 1. The third kappa shape index (κ3) is 7.45. The molecule has 1 aliphatic heterocycles. The lowest BCUT2D eigenvalue weighted by molar-refractivity contribution is -0.137. The van der Waals surface area contributed by atoms with Gasteiger partial charge in [-0.2, -0.15) is 0 Å². The lowest BCUT2D eigenvalue weighted by atomic mass is 9.84. The molecule has 2 N–H and O–H groups in total. The number of carbonyl (C=O) groups excluding carboxylic acids is 2. The summed E-state index contributed by atoms with van der Waals surface area (Å²) in [5, 5.41) is 12.0. The van der Waals surface area contributed by atoms with Crippen molar-refractivity contribution in [3.63, 3.8) is 0 Å². The highest BCUT2D eigenvalue weighted by molar-refractivity contribution is 5.85. The summed E-state index contributed by atoms with van der Waals surface area (Å²) < 4.78 is 0. The van der Waals surface area contributed by atoms with Crippen LogP contribution in [0.15, 0.2) is 0 Å². The molecule has 25 heavy (non-hydrogen) atoms. The number of amides is 2. The van der Waals surface area contributed by atoms with Crippen LogP contribution in [0.25, 0.3) is 0 Å². The maximum absolute atomic E-state index is 12.4. The lowest BCUT2D eigenvalue weighted by Crippen LogP contribution is -2.44. The highest BCUT2D eigenvalue weighted by atomic mass is 16.4. The van der Waals surface area contributed by atoms with E-state index in [1.807, 2.05) is 0 Å². The van der Waals surface area contributed by atoms with Gasteiger partial charge in [-0.05, 0) is 31.6 Å². The van der Waals surface area contributed by atoms with Crippen molar-refractivity contribution in [2.24, 2.45) is 5.92 Å². The smallest absolute Gasteiger partial charge is 0.303 e. The van der Waals surface area contributed by atoms with Gasteiger partial charge in [0, 0.05) is 25.4 Å². The first-order valence-corrected chi connectivity index (χ1v) is 9.83. The fourth-order valence-corrected chi connectivity index (χ4v) is 4.02. The number of nitrogens with one attached hydrogen (secondary N) is 1. The number of likely N-dealkylation sites (tertiary alicyclic amines) is 1. The van der Waals surface area contributed by atoms with Gasteiger partial charge in [0.1, 0.15) is 0 Å². The van der Waals surface area contributed by atoms with Crippen molar-refractivity contribution < 1.29 is 19.5 Å². The van der Waals surface area contributed by atoms with Crippen molar-refractivity contribution in [3.05, 3.63) is 0 Å². The zero-order valence-electron chi connectivity index (χ0n) is 15.2. The largest absolute Gasteiger partial charge is 0.481 e. The molecular formula is C19H32N2O4. The van der Waals surface area contributed by atoms with E-state index in [-0.39, 0.29) is 30.8 Å². The van der Waals surface area contributed by atoms with Crippen molar-refractivity contribution in [3.8, 4) is 0 Å². The van der Waals surface area contributed by atoms with Crippen LogP contribution in [-0.2, 0) is 14.4 Å². The quantitative estimate of drug-likeness (QED) is 0.703. The molecule has 1 atom stereocenters. The molecule has 0 aromatic rings. The third-order valence-electron chi connectivity index (χ3n) is 5.42. The maximum Gasteiger partial charge on any atom is 0.303 e. The molecule has 0 radical (unpaired) electrons. The van der Waals surface area contributed by atoms with Crippen LogP contribution in [0, 0.1) is 5.92 Å². The van der Waals surface area contributed by atoms with Crippen LogP contribution in [0.3, 0.4) is 0 Å². The second kappa shape index (κ2) is 10.4. The van der Waals surface area contributed by atoms with Crippen LogP contribution in [0.1, 0.15) is 77.0 Å². The molecule has 6 nitrogen and oxygen atoms in total. The van der Waals surface area contributed by atoms with Crippen molar-refractivity contribution in [2.75, 3.05) is 13.1 Å². The van der Waals surface area contributed by atoms with E-state index < -0.39 is 5.97 Å². The van der Waals surface area contributed by atoms with Crippen LogP contribution in [0.5, 0.6) is 0 Å². The molecule has 142 valence electrons. The van der Waals surface area contributed by atoms with Gasteiger partial charge in [-0.1, -0.05) is 38.5 Å². The predicted molar refractivity (Wildman–Crippen MR) is 95.0 cm³/mol. The minimum Gasteiger partial charge on any atom is -0.481 e. The first-order chi connectivity index (χ1) is 12.0. The van der Waals surface area contributed by atoms with Crippen molar-refractivity contribution in [1.29, 1.82) is 0 Å². The molecule has 2 fully saturated rings. The van der Waals surface area contributed by atoms with E-state index in [4.69, 9.17) is 5.11 Å². The molecule has 2 aliphatic rings. The molecule has 0 aromatic carbocycles. The van der Waals surface area contributed by atoms with Gasteiger partial charge < -0.3 is 15.3 Å². The average Bonchev–Trinajstić information content (AvgIpc) is 2.78. The lowest BCUT2D eigenvalue weighted by Gasteiger charge is -2.28. The van der Waals surface area contributed by atoms with Crippen LogP contribution < -0.4 is 5.32 Å². The van der Waals surface area contributed by atoms with Gasteiger partial charge in [-0.25, -0.2) is 0 Å². The second-order valence-corrected chi connectivity index (χ2v) is 7.56. The molecule has 0 spiro atoms. The normalized spacial score (nSPS) is 20.8. The summed E-state index contributed by atoms with van der Waals surface area (Å²) in [6.45, 7) is 0.752. The van der Waals surface area contributed by atoms with Crippen LogP contribution in [0.2, 0.25) is 0 Å². The summed E-state index contributed by atoms with van der Waals surface area (Å²) in [7, 11) is 0. The number of carboxylic acids is 1. The van der Waals surface area contributed by atoms with E-state index >= 15 is 0 Å². The Morgan fingerprint density at radius 2 is 1.84 bits per heavy atom. The highest BCUT2D eigenvalue weighted by Gasteiger charge is 2.23. The van der Waals surface area contributed by atoms with Crippen LogP contribution >= 0.6 is 0 Å². The van der Waals surface area contributed by atoms with Gasteiger partial charge in [-0.15, -0.1) is 0 Å². The van der Waals surface area contributed by atoms with Gasteiger partial charge in [0.05, 0.1) is 6.54 Å². The van der Waals surface area contributed by atoms with E-state index in [1.165, 1.54) is 32.1 Å². The van der Waals surface area contributed by atoms with Crippen LogP contribution in [-0.4, -0.2) is 46.9 Å². The molecular weight excluding hydrogens is 320 g/mol. The van der Waals surface area contributed by atoms with Gasteiger partial charge >= 0.3 is 5.97 Å². The zero-order valence-corrected chi connectivity index (χ0v) is 15.2. The Morgan fingerprint density at radius 1 is 1.12 bits per heavy atom. The average molecular weight is 352 g/mol. The zero-order chi connectivity index (χ0) is 18.1. The Balaban J connectivity index is 1.85. The van der Waals surface area contributed by atoms with Gasteiger partial charge in [-0.3, -0.25) is 14.4 Å². The van der Waals surface area contributed by atoms with Gasteiger partial charge in [0.15, 0.2) is 0 Å². The molecule has 1 unspecified atom stereocenters. The van der Waals surface area contributed by atoms with Crippen molar-refractivity contribution >= 4 is 17.8 Å². The molecule has 0 bridgehead atoms. The summed E-state index contributed by atoms with van der Waals surface area (Å²) in [5.74, 6) is -0.346. The number of hydrogen-bond acceptors (Lipinski definition) is 3. The fourth-order valence-electron chi connectivity index (χ4n) is 4.02. The van der Waals surface area contributed by atoms with E-state index in [0.29, 0.717) is 25.3 Å². The fraction of sp³-hybridized carbons (Fsp3) is 0.842. The predicted octanol–water partition coefficient (Wildman–Crippen LogP) is 2.71. The summed E-state index contributed by atoms with van der Waals surface area (Å²) in [5.41, 5.74) is 0. The second-order valence-electron chi connectivity index (χ2n) is 7.56. The monoisotopic (exact) mass is 352 g/mol. The Labute approximate surface area is 150 Å². The van der Waals surface area contributed by atoms with Gasteiger partial charge in [0.2, 0.25) is 11.8 Å². The summed E-state index contributed by atoms with van der Waals surface area (Å²) in [6.07, 6.45) is 10.9. The molecule has 1 heterocycles. The number of hydrogen-bond donors (Lipinski definition) is 2. The number of aliphatic carboxylic acids is 1. The number of carbonyl (C=O) groups is 3. The molecule has 6 heteroatoms. The molecule has 2 amide bonds. The van der Waals surface area contributed by atoms with Crippen molar-refractivity contribution in [2.45, 2.75) is 83.1 Å². The minimum atomic E-state index is -0.828. The third-order valence-corrected chi connectivity index (χ3v) is 5.42. The molecule has 0 aromatic heterocycles. The molecule has 1 aliphatic carbocycles. The summed E-state index contributed by atoms with van der Waals surface area (Å²) in [6, 6.07) is -0.103. The Morgan fingerprint density at radius 3 is 2.56 bits per heavy atom. The standard InChI is InChI=1S/C19H32N2O4/c22-17(14-21-12-6-2-5-9-18(21)23)20-16(10-11-19(24)25)13-15-7-3-1-4-8-15/h15-16H,1-14H2,(H,20,22)(H,24,25). The van der Waals surface area contributed by atoms with Crippen molar-refractivity contribution in [1.82, 2.24) is 10.2 Å². The van der Waals surface area contributed by atoms with E-state index in [9.17, 15) is 14.4 Å². The molecule has 1 saturated carbocycles. The summed E-state index contributed by atoms with van der Waals surface area (Å²) >= 11 is 0. The minimum absolute atomic E-state index is 0.0574. The van der Waals surface area contributed by atoms with E-state index in [0.717, 1.165) is 25.7 Å². The molecule has 1 saturated heterocycles. The maximum atomic E-state index is 12.4. The first-order valence-electron chi connectivity index (χ1n) is 9.83. The van der Waals surface area contributed by atoms with E-state index in [1.54, 1.807) is 4.90 Å². The highest BCUT2D eigenvalue weighted by Crippen LogP contribution is 2.28. The Bertz CT molecular complexity index is 460. The SMILES string of the molecule is O=C(O)CCC(CC1CCCCC1)NC(=O)CN1CCCCCC1=O. The summed E-state index contributed by atoms with van der Waals surface area (Å²) in [4.78, 5) is 37.0. The number of carboxylic acid groups (broad SMARTS) is 1.